The average molecular weight is 282 g/mol. The van der Waals surface area contributed by atoms with Gasteiger partial charge < -0.3 is 10.7 Å². The van der Waals surface area contributed by atoms with E-state index in [0.29, 0.717) is 5.82 Å². The molecule has 0 atom stereocenters. The van der Waals surface area contributed by atoms with Crippen LogP contribution in [0.4, 0.5) is 11.6 Å². The molecule has 2 rings (SSSR count). The molecule has 6 nitrogen and oxygen atoms in total. The molecule has 0 aliphatic carbocycles. The summed E-state index contributed by atoms with van der Waals surface area (Å²) in [6, 6.07) is 1.84. The van der Waals surface area contributed by atoms with E-state index in [-0.39, 0.29) is 0 Å². The number of anilines is 2. The minimum absolute atomic E-state index is 0.656. The van der Waals surface area contributed by atoms with Crippen LogP contribution in [0.1, 0.15) is 12.7 Å². The first-order chi connectivity index (χ1) is 9.31. The van der Waals surface area contributed by atoms with Gasteiger partial charge in [-0.2, -0.15) is 11.8 Å². The first-order valence-electron chi connectivity index (χ1n) is 6.70. The van der Waals surface area contributed by atoms with Gasteiger partial charge in [-0.1, -0.05) is 6.92 Å². The third-order valence-corrected chi connectivity index (χ3v) is 4.02. The van der Waals surface area contributed by atoms with Crippen LogP contribution in [-0.4, -0.2) is 52.6 Å². The first kappa shape index (κ1) is 14.4. The van der Waals surface area contributed by atoms with Gasteiger partial charge >= 0.3 is 0 Å². The Morgan fingerprint density at radius 1 is 1.32 bits per heavy atom. The Kier molecular flexibility index (Phi) is 5.68. The average Bonchev–Trinajstić information content (AvgIpc) is 2.48. The van der Waals surface area contributed by atoms with Gasteiger partial charge in [-0.25, -0.2) is 15.8 Å². The number of aromatic nitrogens is 2. The van der Waals surface area contributed by atoms with Crippen LogP contribution >= 0.6 is 11.8 Å². The van der Waals surface area contributed by atoms with Crippen molar-refractivity contribution in [2.45, 2.75) is 13.3 Å². The first-order valence-corrected chi connectivity index (χ1v) is 7.86. The lowest BCUT2D eigenvalue weighted by atomic mass is 10.4. The lowest BCUT2D eigenvalue weighted by Gasteiger charge is -2.26. The number of hydrazine groups is 1. The number of hydrogen-bond acceptors (Lipinski definition) is 7. The van der Waals surface area contributed by atoms with Crippen LogP contribution in [0.2, 0.25) is 0 Å². The fraction of sp³-hybridized carbons (Fsp3) is 0.667. The summed E-state index contributed by atoms with van der Waals surface area (Å²) in [7, 11) is 0. The molecular weight excluding hydrogens is 260 g/mol. The summed E-state index contributed by atoms with van der Waals surface area (Å²) in [6.45, 7) is 6.36. The molecule has 1 aliphatic heterocycles. The summed E-state index contributed by atoms with van der Waals surface area (Å²) in [6.07, 6.45) is 0.799. The Balaban J connectivity index is 1.84. The highest BCUT2D eigenvalue weighted by Gasteiger charge is 2.09. The van der Waals surface area contributed by atoms with E-state index in [2.05, 4.69) is 25.6 Å². The van der Waals surface area contributed by atoms with Crippen molar-refractivity contribution in [3.63, 3.8) is 0 Å². The monoisotopic (exact) mass is 282 g/mol. The highest BCUT2D eigenvalue weighted by atomic mass is 32.2. The van der Waals surface area contributed by atoms with E-state index < -0.39 is 0 Å². The standard InChI is InChI=1S/C12H22N6S/c1-2-10-15-11(9-12(16-10)17-13)14-3-4-18-5-7-19-8-6-18/h9H,2-8,13H2,1H3,(H2,14,15,16,17). The zero-order valence-corrected chi connectivity index (χ0v) is 12.2. The Morgan fingerprint density at radius 2 is 2.05 bits per heavy atom. The van der Waals surface area contributed by atoms with E-state index in [1.54, 1.807) is 0 Å². The number of nitrogens with one attached hydrogen (secondary N) is 2. The molecule has 1 aromatic heterocycles. The maximum Gasteiger partial charge on any atom is 0.145 e. The van der Waals surface area contributed by atoms with Gasteiger partial charge in [0.15, 0.2) is 0 Å². The highest BCUT2D eigenvalue weighted by molar-refractivity contribution is 7.99. The molecule has 0 aromatic carbocycles. The molecule has 0 saturated carbocycles. The maximum absolute atomic E-state index is 5.41. The molecule has 1 saturated heterocycles. The molecule has 0 amide bonds. The van der Waals surface area contributed by atoms with E-state index in [4.69, 9.17) is 5.84 Å². The number of rotatable bonds is 6. The summed E-state index contributed by atoms with van der Waals surface area (Å²) >= 11 is 2.03. The fourth-order valence-corrected chi connectivity index (χ4v) is 2.97. The van der Waals surface area contributed by atoms with E-state index in [0.717, 1.165) is 31.2 Å². The smallest absolute Gasteiger partial charge is 0.145 e. The summed E-state index contributed by atoms with van der Waals surface area (Å²) in [4.78, 5) is 11.2. The van der Waals surface area contributed by atoms with Crippen LogP contribution in [-0.2, 0) is 6.42 Å². The van der Waals surface area contributed by atoms with Crippen LogP contribution in [0.5, 0.6) is 0 Å². The van der Waals surface area contributed by atoms with Crippen LogP contribution in [0.15, 0.2) is 6.07 Å². The number of aryl methyl sites for hydroxylation is 1. The molecule has 0 unspecified atom stereocenters. The zero-order valence-electron chi connectivity index (χ0n) is 11.4. The molecule has 1 aliphatic rings. The quantitative estimate of drug-likeness (QED) is 0.526. The second-order valence-corrected chi connectivity index (χ2v) is 5.66. The fourth-order valence-electron chi connectivity index (χ4n) is 1.99. The summed E-state index contributed by atoms with van der Waals surface area (Å²) in [5, 5.41) is 3.35. The van der Waals surface area contributed by atoms with Gasteiger partial charge in [0.05, 0.1) is 0 Å². The number of nitrogens with two attached hydrogens (primary N) is 1. The minimum atomic E-state index is 0.656. The van der Waals surface area contributed by atoms with Gasteiger partial charge in [0.1, 0.15) is 17.5 Å². The maximum atomic E-state index is 5.41. The van der Waals surface area contributed by atoms with Crippen molar-refractivity contribution < 1.29 is 0 Å². The zero-order chi connectivity index (χ0) is 13.5. The molecule has 1 fully saturated rings. The molecular formula is C12H22N6S. The van der Waals surface area contributed by atoms with Gasteiger partial charge in [-0.05, 0) is 0 Å². The summed E-state index contributed by atoms with van der Waals surface area (Å²) in [5.41, 5.74) is 2.58. The lowest BCUT2D eigenvalue weighted by molar-refractivity contribution is 0.314. The van der Waals surface area contributed by atoms with Crippen molar-refractivity contribution >= 4 is 23.4 Å². The van der Waals surface area contributed by atoms with Crippen molar-refractivity contribution in [3.05, 3.63) is 11.9 Å². The molecule has 2 heterocycles. The van der Waals surface area contributed by atoms with Crippen molar-refractivity contribution in [2.24, 2.45) is 5.84 Å². The molecule has 4 N–H and O–H groups in total. The van der Waals surface area contributed by atoms with Gasteiger partial charge in [-0.15, -0.1) is 0 Å². The third kappa shape index (κ3) is 4.52. The van der Waals surface area contributed by atoms with Crippen molar-refractivity contribution in [1.29, 1.82) is 0 Å². The summed E-state index contributed by atoms with van der Waals surface area (Å²) < 4.78 is 0. The predicted molar refractivity (Wildman–Crippen MR) is 81.5 cm³/mol. The van der Waals surface area contributed by atoms with Crippen LogP contribution in [0.3, 0.4) is 0 Å². The third-order valence-electron chi connectivity index (χ3n) is 3.07. The highest BCUT2D eigenvalue weighted by Crippen LogP contribution is 2.11. The van der Waals surface area contributed by atoms with Gasteiger partial charge in [0.2, 0.25) is 0 Å². The van der Waals surface area contributed by atoms with Crippen molar-refractivity contribution in [2.75, 3.05) is 48.4 Å². The minimum Gasteiger partial charge on any atom is -0.369 e. The van der Waals surface area contributed by atoms with Gasteiger partial charge in [-0.3, -0.25) is 4.90 Å². The second-order valence-electron chi connectivity index (χ2n) is 4.43. The van der Waals surface area contributed by atoms with E-state index in [1.165, 1.54) is 24.6 Å². The predicted octanol–water partition coefficient (Wildman–Crippen LogP) is 0.785. The molecule has 19 heavy (non-hydrogen) atoms. The molecule has 1 aromatic rings. The Hall–Kier alpha value is -1.05. The van der Waals surface area contributed by atoms with E-state index in [9.17, 15) is 0 Å². The van der Waals surface area contributed by atoms with Crippen LogP contribution < -0.4 is 16.6 Å². The SMILES string of the molecule is CCc1nc(NN)cc(NCCN2CCSCC2)n1. The Bertz CT molecular complexity index is 372. The molecule has 7 heteroatoms. The summed E-state index contributed by atoms with van der Waals surface area (Å²) in [5.74, 6) is 10.2. The molecule has 0 radical (unpaired) electrons. The van der Waals surface area contributed by atoms with E-state index >= 15 is 0 Å². The number of thioether (sulfide) groups is 1. The van der Waals surface area contributed by atoms with Gasteiger partial charge in [0, 0.05) is 50.2 Å². The topological polar surface area (TPSA) is 79.1 Å². The van der Waals surface area contributed by atoms with E-state index in [1.807, 2.05) is 24.8 Å². The van der Waals surface area contributed by atoms with Crippen molar-refractivity contribution in [1.82, 2.24) is 14.9 Å². The number of nitrogens with zero attached hydrogens (tertiary/aromatic N) is 3. The molecule has 0 bridgehead atoms. The normalized spacial score (nSPS) is 16.3. The number of nitrogen functional groups attached to an aromatic ring is 1. The van der Waals surface area contributed by atoms with Crippen LogP contribution in [0, 0.1) is 0 Å². The molecule has 106 valence electrons. The lowest BCUT2D eigenvalue weighted by Crippen LogP contribution is -2.36. The van der Waals surface area contributed by atoms with Gasteiger partial charge in [0.25, 0.3) is 0 Å². The Labute approximate surface area is 118 Å². The second kappa shape index (κ2) is 7.52. The van der Waals surface area contributed by atoms with Crippen LogP contribution in [0.25, 0.3) is 0 Å². The number of hydrogen-bond donors (Lipinski definition) is 3. The largest absolute Gasteiger partial charge is 0.369 e. The Morgan fingerprint density at radius 3 is 2.74 bits per heavy atom. The van der Waals surface area contributed by atoms with Crippen molar-refractivity contribution in [3.8, 4) is 0 Å². The molecule has 0 spiro atoms.